The van der Waals surface area contributed by atoms with E-state index in [4.69, 9.17) is 9.40 Å². The first kappa shape index (κ1) is 26.0. The third-order valence-corrected chi connectivity index (χ3v) is 8.46. The van der Waals surface area contributed by atoms with Crippen molar-refractivity contribution < 1.29 is 4.42 Å². The van der Waals surface area contributed by atoms with Gasteiger partial charge in [-0.25, -0.2) is 4.98 Å². The Kier molecular flexibility index (Phi) is 6.03. The number of pyridine rings is 3. The lowest BCUT2D eigenvalue weighted by molar-refractivity contribution is 0.620. The summed E-state index contributed by atoms with van der Waals surface area (Å²) >= 11 is 0. The maximum atomic E-state index is 6.32. The summed E-state index contributed by atoms with van der Waals surface area (Å²) in [6.45, 7) is 0. The zero-order chi connectivity index (χ0) is 30.5. The van der Waals surface area contributed by atoms with Crippen molar-refractivity contribution in [1.82, 2.24) is 24.5 Å². The van der Waals surface area contributed by atoms with Crippen LogP contribution in [0.15, 0.2) is 157 Å². The highest BCUT2D eigenvalue weighted by atomic mass is 16.3. The van der Waals surface area contributed by atoms with Crippen LogP contribution in [0.2, 0.25) is 0 Å². The number of fused-ring (bicyclic) bond motifs is 4. The van der Waals surface area contributed by atoms with Gasteiger partial charge in [0.1, 0.15) is 5.52 Å². The van der Waals surface area contributed by atoms with Crippen molar-refractivity contribution in [2.24, 2.45) is 0 Å². The van der Waals surface area contributed by atoms with Crippen LogP contribution in [0.5, 0.6) is 0 Å². The average Bonchev–Trinajstić information content (AvgIpc) is 3.71. The van der Waals surface area contributed by atoms with Gasteiger partial charge in [-0.15, -0.1) is 0 Å². The van der Waals surface area contributed by atoms with Crippen molar-refractivity contribution in [3.8, 4) is 50.7 Å². The van der Waals surface area contributed by atoms with E-state index in [0.29, 0.717) is 5.89 Å². The predicted octanol–water partition coefficient (Wildman–Crippen LogP) is 9.78. The minimum absolute atomic E-state index is 0.579. The number of rotatable bonds is 5. The first-order chi connectivity index (χ1) is 22.8. The second-order valence-electron chi connectivity index (χ2n) is 11.2. The van der Waals surface area contributed by atoms with E-state index in [9.17, 15) is 0 Å². The Morgan fingerprint density at radius 2 is 1.28 bits per heavy atom. The van der Waals surface area contributed by atoms with E-state index in [0.717, 1.165) is 77.7 Å². The molecule has 9 aromatic rings. The molecule has 5 heterocycles. The molecule has 0 aliphatic rings. The molecule has 6 nitrogen and oxygen atoms in total. The van der Waals surface area contributed by atoms with E-state index >= 15 is 0 Å². The Morgan fingerprint density at radius 1 is 0.500 bits per heavy atom. The Morgan fingerprint density at radius 3 is 2.07 bits per heavy atom. The fourth-order valence-electron chi connectivity index (χ4n) is 6.25. The minimum atomic E-state index is 0.579. The molecule has 0 unspecified atom stereocenters. The van der Waals surface area contributed by atoms with Gasteiger partial charge in [0.15, 0.2) is 5.58 Å². The van der Waals surface area contributed by atoms with E-state index in [-0.39, 0.29) is 0 Å². The van der Waals surface area contributed by atoms with Crippen LogP contribution < -0.4 is 0 Å². The van der Waals surface area contributed by atoms with Gasteiger partial charge in [-0.2, -0.15) is 0 Å². The van der Waals surface area contributed by atoms with Crippen LogP contribution >= 0.6 is 0 Å². The van der Waals surface area contributed by atoms with Gasteiger partial charge >= 0.3 is 0 Å². The Hall–Kier alpha value is -6.40. The number of hydrogen-bond acceptors (Lipinski definition) is 5. The summed E-state index contributed by atoms with van der Waals surface area (Å²) in [6, 6.07) is 41.7. The summed E-state index contributed by atoms with van der Waals surface area (Å²) in [5.41, 5.74) is 12.0. The SMILES string of the molecule is c1ccc(-c2cccc(-n3c4ccc(-c5cccnc5)cc4c4ccc(-c5nc6cc(-c7cccnc7)ccc6o5)cc43)c2)nc1. The highest BCUT2D eigenvalue weighted by Gasteiger charge is 2.17. The summed E-state index contributed by atoms with van der Waals surface area (Å²) in [4.78, 5) is 18.1. The molecule has 46 heavy (non-hydrogen) atoms. The molecule has 0 N–H and O–H groups in total. The second kappa shape index (κ2) is 10.6. The van der Waals surface area contributed by atoms with Gasteiger partial charge in [-0.1, -0.05) is 48.5 Å². The fraction of sp³-hybridized carbons (Fsp3) is 0. The van der Waals surface area contributed by atoms with E-state index in [1.807, 2.05) is 67.1 Å². The van der Waals surface area contributed by atoms with E-state index in [1.54, 1.807) is 12.4 Å². The normalized spacial score (nSPS) is 11.5. The summed E-state index contributed by atoms with van der Waals surface area (Å²) < 4.78 is 8.63. The smallest absolute Gasteiger partial charge is 0.227 e. The molecule has 5 aromatic heterocycles. The highest BCUT2D eigenvalue weighted by Crippen LogP contribution is 2.38. The molecular weight excluding hydrogens is 566 g/mol. The quantitative estimate of drug-likeness (QED) is 0.199. The number of hydrogen-bond donors (Lipinski definition) is 0. The number of aromatic nitrogens is 5. The van der Waals surface area contributed by atoms with Gasteiger partial charge in [0.05, 0.1) is 16.7 Å². The molecule has 0 spiro atoms. The molecule has 9 rings (SSSR count). The van der Waals surface area contributed by atoms with Crippen LogP contribution in [0.1, 0.15) is 0 Å². The standard InChI is InChI=1S/C40H25N5O/c1-2-19-43-35(10-1)28-6-3-9-32(20-28)45-37-15-12-26(30-7-4-17-41-24-30)21-34(37)33-14-11-29(23-38(33)45)40-44-36-22-27(13-16-39(36)46-40)31-8-5-18-42-25-31/h1-25H. The number of nitrogens with zero attached hydrogens (tertiary/aromatic N) is 5. The molecule has 0 atom stereocenters. The van der Waals surface area contributed by atoms with Crippen LogP contribution in [0, 0.1) is 0 Å². The summed E-state index contributed by atoms with van der Waals surface area (Å²) in [5.74, 6) is 0.579. The third-order valence-electron chi connectivity index (χ3n) is 8.46. The van der Waals surface area contributed by atoms with Crippen molar-refractivity contribution in [3.63, 3.8) is 0 Å². The van der Waals surface area contributed by atoms with E-state index < -0.39 is 0 Å². The van der Waals surface area contributed by atoms with Crippen molar-refractivity contribution in [1.29, 1.82) is 0 Å². The van der Waals surface area contributed by atoms with Gasteiger partial charge in [0.2, 0.25) is 5.89 Å². The molecule has 0 bridgehead atoms. The molecule has 4 aromatic carbocycles. The van der Waals surface area contributed by atoms with Gasteiger partial charge < -0.3 is 8.98 Å². The lowest BCUT2D eigenvalue weighted by Crippen LogP contribution is -1.95. The topological polar surface area (TPSA) is 69.6 Å². The molecule has 0 fully saturated rings. The minimum Gasteiger partial charge on any atom is -0.436 e. The van der Waals surface area contributed by atoms with Crippen LogP contribution in [0.25, 0.3) is 83.6 Å². The first-order valence-corrected chi connectivity index (χ1v) is 15.1. The van der Waals surface area contributed by atoms with Crippen LogP contribution in [0.4, 0.5) is 0 Å². The molecule has 0 aliphatic heterocycles. The van der Waals surface area contributed by atoms with Crippen molar-refractivity contribution in [2.45, 2.75) is 0 Å². The lowest BCUT2D eigenvalue weighted by Gasteiger charge is -2.11. The maximum Gasteiger partial charge on any atom is 0.227 e. The van der Waals surface area contributed by atoms with Gasteiger partial charge in [-0.3, -0.25) is 15.0 Å². The molecule has 0 radical (unpaired) electrons. The maximum absolute atomic E-state index is 6.32. The first-order valence-electron chi connectivity index (χ1n) is 15.1. The van der Waals surface area contributed by atoms with Crippen LogP contribution in [-0.4, -0.2) is 24.5 Å². The summed E-state index contributed by atoms with van der Waals surface area (Å²) in [6.07, 6.45) is 9.17. The zero-order valence-corrected chi connectivity index (χ0v) is 24.6. The van der Waals surface area contributed by atoms with Crippen LogP contribution in [-0.2, 0) is 0 Å². The molecule has 0 amide bonds. The molecule has 0 saturated heterocycles. The number of oxazole rings is 1. The van der Waals surface area contributed by atoms with Crippen molar-refractivity contribution in [2.75, 3.05) is 0 Å². The zero-order valence-electron chi connectivity index (χ0n) is 24.6. The summed E-state index contributed by atoms with van der Waals surface area (Å²) in [7, 11) is 0. The Balaban J connectivity index is 1.24. The largest absolute Gasteiger partial charge is 0.436 e. The summed E-state index contributed by atoms with van der Waals surface area (Å²) in [5, 5.41) is 2.30. The molecular formula is C40H25N5O. The molecule has 0 aliphatic carbocycles. The second-order valence-corrected chi connectivity index (χ2v) is 11.2. The third kappa shape index (κ3) is 4.43. The Bertz CT molecular complexity index is 2520. The van der Waals surface area contributed by atoms with Crippen molar-refractivity contribution >= 4 is 32.9 Å². The highest BCUT2D eigenvalue weighted by molar-refractivity contribution is 6.11. The monoisotopic (exact) mass is 591 g/mol. The Labute approximate surface area is 264 Å². The van der Waals surface area contributed by atoms with Gasteiger partial charge in [0, 0.05) is 69.7 Å². The average molecular weight is 592 g/mol. The fourth-order valence-corrected chi connectivity index (χ4v) is 6.25. The van der Waals surface area contributed by atoms with Crippen molar-refractivity contribution in [3.05, 3.63) is 152 Å². The van der Waals surface area contributed by atoms with Gasteiger partial charge in [0.25, 0.3) is 0 Å². The van der Waals surface area contributed by atoms with Gasteiger partial charge in [-0.05, 0) is 83.9 Å². The van der Waals surface area contributed by atoms with Crippen LogP contribution in [0.3, 0.4) is 0 Å². The number of benzene rings is 4. The molecule has 216 valence electrons. The molecule has 6 heteroatoms. The molecule has 0 saturated carbocycles. The van der Waals surface area contributed by atoms with E-state index in [1.165, 1.54) is 0 Å². The lowest BCUT2D eigenvalue weighted by atomic mass is 10.0. The van der Waals surface area contributed by atoms with E-state index in [2.05, 4.69) is 92.3 Å². The predicted molar refractivity (Wildman–Crippen MR) is 183 cm³/mol.